The summed E-state index contributed by atoms with van der Waals surface area (Å²) in [5.74, 6) is -0.167. The van der Waals surface area contributed by atoms with E-state index in [1.54, 1.807) is 19.7 Å². The van der Waals surface area contributed by atoms with Gasteiger partial charge in [0.2, 0.25) is 0 Å². The first kappa shape index (κ1) is 22.7. The number of carbonyl (C=O) groups excluding carboxylic acids is 1. The molecule has 172 valence electrons. The summed E-state index contributed by atoms with van der Waals surface area (Å²) in [6.45, 7) is 7.77. The Morgan fingerprint density at radius 3 is 2.75 bits per heavy atom. The van der Waals surface area contributed by atoms with Crippen LogP contribution in [-0.2, 0) is 9.53 Å². The molecular weight excluding hydrogens is 404 g/mol. The number of hydrogen-bond acceptors (Lipinski definition) is 7. The van der Waals surface area contributed by atoms with E-state index in [0.717, 1.165) is 44.3 Å². The second kappa shape index (κ2) is 9.55. The summed E-state index contributed by atoms with van der Waals surface area (Å²) in [6, 6.07) is 2.49. The van der Waals surface area contributed by atoms with E-state index in [2.05, 4.69) is 34.8 Å². The zero-order chi connectivity index (χ0) is 22.7. The Bertz CT molecular complexity index is 891. The number of ether oxygens (including phenoxy) is 1. The van der Waals surface area contributed by atoms with Crippen molar-refractivity contribution < 1.29 is 9.53 Å². The highest BCUT2D eigenvalue weighted by Crippen LogP contribution is 2.39. The first-order valence-electron chi connectivity index (χ1n) is 11.7. The molecule has 8 heteroatoms. The Kier molecular flexibility index (Phi) is 6.77. The summed E-state index contributed by atoms with van der Waals surface area (Å²) in [6.07, 6.45) is 10.7. The van der Waals surface area contributed by atoms with E-state index in [0.29, 0.717) is 31.9 Å². The number of hydrogen-bond donors (Lipinski definition) is 0. The molecule has 4 aliphatic heterocycles. The molecule has 0 aromatic carbocycles. The average molecular weight is 439 g/mol. The fourth-order valence-corrected chi connectivity index (χ4v) is 5.51. The van der Waals surface area contributed by atoms with Gasteiger partial charge in [0, 0.05) is 32.5 Å². The number of allylic oxidation sites excluding steroid dienone is 1. The molecule has 0 aliphatic carbocycles. The maximum atomic E-state index is 13.6. The molecule has 4 aliphatic rings. The highest BCUT2D eigenvalue weighted by molar-refractivity contribution is 5.99. The standard InChI is InChI=1S/C24H34N6O2/c1-24(2,30-13-7-8-18(30)16-32-3)22(29-17-27-20-15-26-10-9-21(20)29)19(14-25)23(31)28-11-5-4-6-12-28/h9-10,17-18,20H,4-8,11-13,15-16H2,1-3H3/t18-,20?/m1/s1. The van der Waals surface area contributed by atoms with E-state index in [9.17, 15) is 10.1 Å². The number of aliphatic imine (C=N–C) groups is 2. The summed E-state index contributed by atoms with van der Waals surface area (Å²) in [5, 5.41) is 10.3. The lowest BCUT2D eigenvalue weighted by Crippen LogP contribution is -2.54. The van der Waals surface area contributed by atoms with Crippen LogP contribution in [0.15, 0.2) is 33.0 Å². The van der Waals surface area contributed by atoms with Gasteiger partial charge in [-0.3, -0.25) is 19.7 Å². The first-order valence-corrected chi connectivity index (χ1v) is 11.7. The fourth-order valence-electron chi connectivity index (χ4n) is 5.51. The Morgan fingerprint density at radius 1 is 1.25 bits per heavy atom. The van der Waals surface area contributed by atoms with E-state index in [-0.39, 0.29) is 23.6 Å². The third-order valence-electron chi connectivity index (χ3n) is 7.09. The molecule has 1 unspecified atom stereocenters. The summed E-state index contributed by atoms with van der Waals surface area (Å²) in [7, 11) is 1.73. The SMILES string of the molecule is COC[C@H]1CCCN1C(C)(C)C(=C(C#N)C(=O)N1CCCCC1)N1C=NC2CN=CC=C21. The number of nitrogens with zero attached hydrogens (tertiary/aromatic N) is 6. The van der Waals surface area contributed by atoms with Crippen LogP contribution >= 0.6 is 0 Å². The van der Waals surface area contributed by atoms with Gasteiger partial charge < -0.3 is 14.5 Å². The third kappa shape index (κ3) is 4.12. The number of carbonyl (C=O) groups is 1. The summed E-state index contributed by atoms with van der Waals surface area (Å²) < 4.78 is 5.51. The molecule has 0 bridgehead atoms. The van der Waals surface area contributed by atoms with Crippen LogP contribution in [0.4, 0.5) is 0 Å². The van der Waals surface area contributed by atoms with Crippen molar-refractivity contribution in [2.75, 3.05) is 39.9 Å². The number of piperidine rings is 1. The Hall–Kier alpha value is -2.50. The lowest BCUT2D eigenvalue weighted by atomic mass is 9.90. The van der Waals surface area contributed by atoms with Crippen molar-refractivity contribution in [2.45, 2.75) is 63.6 Å². The number of amides is 1. The number of dihydropyridines is 1. The molecule has 4 heterocycles. The molecule has 2 saturated heterocycles. The Labute approximate surface area is 190 Å². The zero-order valence-electron chi connectivity index (χ0n) is 19.5. The van der Waals surface area contributed by atoms with Crippen molar-refractivity contribution in [3.63, 3.8) is 0 Å². The second-order valence-corrected chi connectivity index (χ2v) is 9.45. The summed E-state index contributed by atoms with van der Waals surface area (Å²) in [4.78, 5) is 28.9. The van der Waals surface area contributed by atoms with Gasteiger partial charge in [0.25, 0.3) is 5.91 Å². The summed E-state index contributed by atoms with van der Waals surface area (Å²) in [5.41, 5.74) is 1.35. The van der Waals surface area contributed by atoms with Crippen molar-refractivity contribution in [2.24, 2.45) is 9.98 Å². The van der Waals surface area contributed by atoms with E-state index >= 15 is 0 Å². The molecule has 8 nitrogen and oxygen atoms in total. The predicted molar refractivity (Wildman–Crippen MR) is 124 cm³/mol. The topological polar surface area (TPSA) is 84.5 Å². The van der Waals surface area contributed by atoms with E-state index in [1.165, 1.54) is 0 Å². The normalized spacial score (nSPS) is 26.6. The third-order valence-corrected chi connectivity index (χ3v) is 7.09. The van der Waals surface area contributed by atoms with Gasteiger partial charge in [-0.2, -0.15) is 5.26 Å². The minimum Gasteiger partial charge on any atom is -0.383 e. The highest BCUT2D eigenvalue weighted by atomic mass is 16.5. The molecule has 0 aromatic rings. The van der Waals surface area contributed by atoms with Crippen molar-refractivity contribution in [1.82, 2.24) is 14.7 Å². The molecule has 1 amide bonds. The van der Waals surface area contributed by atoms with Crippen LogP contribution in [0.25, 0.3) is 0 Å². The first-order chi connectivity index (χ1) is 15.5. The molecule has 0 saturated carbocycles. The van der Waals surface area contributed by atoms with Crippen LogP contribution in [0.2, 0.25) is 0 Å². The fraction of sp³-hybridized carbons (Fsp3) is 0.667. The number of nitriles is 1. The molecule has 0 radical (unpaired) electrons. The van der Waals surface area contributed by atoms with Gasteiger partial charge in [0.05, 0.1) is 36.4 Å². The zero-order valence-corrected chi connectivity index (χ0v) is 19.5. The molecule has 32 heavy (non-hydrogen) atoms. The van der Waals surface area contributed by atoms with Gasteiger partial charge in [-0.25, -0.2) is 0 Å². The van der Waals surface area contributed by atoms with E-state index in [1.807, 2.05) is 15.9 Å². The minimum atomic E-state index is -0.563. The van der Waals surface area contributed by atoms with Crippen molar-refractivity contribution >= 4 is 18.5 Å². The Balaban J connectivity index is 1.81. The molecule has 2 atom stereocenters. The highest BCUT2D eigenvalue weighted by Gasteiger charge is 2.45. The number of fused-ring (bicyclic) bond motifs is 1. The van der Waals surface area contributed by atoms with Crippen molar-refractivity contribution in [1.29, 1.82) is 5.26 Å². The van der Waals surface area contributed by atoms with Crippen LogP contribution < -0.4 is 0 Å². The minimum absolute atomic E-state index is 0.0656. The van der Waals surface area contributed by atoms with Crippen molar-refractivity contribution in [3.05, 3.63) is 23.0 Å². The van der Waals surface area contributed by atoms with Crippen LogP contribution in [-0.4, -0.2) is 90.7 Å². The van der Waals surface area contributed by atoms with Crippen LogP contribution in [0.3, 0.4) is 0 Å². The smallest absolute Gasteiger partial charge is 0.266 e. The average Bonchev–Trinajstić information content (AvgIpc) is 3.45. The Morgan fingerprint density at radius 2 is 2.03 bits per heavy atom. The number of methoxy groups -OCH3 is 1. The quantitative estimate of drug-likeness (QED) is 0.469. The predicted octanol–water partition coefficient (Wildman–Crippen LogP) is 2.35. The van der Waals surface area contributed by atoms with Crippen LogP contribution in [0.5, 0.6) is 0 Å². The van der Waals surface area contributed by atoms with Gasteiger partial charge in [0.15, 0.2) is 0 Å². The largest absolute Gasteiger partial charge is 0.383 e. The molecule has 0 aromatic heterocycles. The monoisotopic (exact) mass is 438 g/mol. The van der Waals surface area contributed by atoms with Gasteiger partial charge in [-0.1, -0.05) is 0 Å². The molecule has 4 rings (SSSR count). The second-order valence-electron chi connectivity index (χ2n) is 9.45. The number of likely N-dealkylation sites (tertiary alicyclic amines) is 2. The molecule has 0 spiro atoms. The molecule has 0 N–H and O–H groups in total. The molecular formula is C24H34N6O2. The summed E-state index contributed by atoms with van der Waals surface area (Å²) >= 11 is 0. The van der Waals surface area contributed by atoms with Gasteiger partial charge in [-0.15, -0.1) is 0 Å². The maximum absolute atomic E-state index is 13.6. The molecule has 2 fully saturated rings. The van der Waals surface area contributed by atoms with Crippen LogP contribution in [0, 0.1) is 11.3 Å². The number of rotatable bonds is 6. The lowest BCUT2D eigenvalue weighted by molar-refractivity contribution is -0.127. The van der Waals surface area contributed by atoms with Gasteiger partial charge in [-0.05, 0) is 58.6 Å². The van der Waals surface area contributed by atoms with Crippen molar-refractivity contribution in [3.8, 4) is 6.07 Å². The maximum Gasteiger partial charge on any atom is 0.266 e. The van der Waals surface area contributed by atoms with Gasteiger partial charge in [0.1, 0.15) is 17.7 Å². The van der Waals surface area contributed by atoms with E-state index < -0.39 is 5.54 Å². The van der Waals surface area contributed by atoms with Gasteiger partial charge >= 0.3 is 0 Å². The van der Waals surface area contributed by atoms with E-state index in [4.69, 9.17) is 4.74 Å². The lowest BCUT2D eigenvalue weighted by Gasteiger charge is -2.44. The van der Waals surface area contributed by atoms with Crippen LogP contribution in [0.1, 0.15) is 46.0 Å².